The molecule has 1 aromatic carbocycles. The molecule has 4 heterocycles. The number of amides is 2. The Morgan fingerprint density at radius 1 is 1.10 bits per heavy atom. The van der Waals surface area contributed by atoms with Gasteiger partial charge in [-0.25, -0.2) is 19.5 Å². The molecule has 0 fully saturated rings. The molecule has 12 heteroatoms. The highest BCUT2D eigenvalue weighted by Crippen LogP contribution is 2.31. The Hall–Kier alpha value is -4.87. The van der Waals surface area contributed by atoms with E-state index in [2.05, 4.69) is 35.3 Å². The number of fused-ring (bicyclic) bond motifs is 2. The van der Waals surface area contributed by atoms with Crippen molar-refractivity contribution in [3.8, 4) is 17.1 Å². The highest BCUT2D eigenvalue weighted by molar-refractivity contribution is 5.85. The van der Waals surface area contributed by atoms with E-state index in [0.29, 0.717) is 43.2 Å². The van der Waals surface area contributed by atoms with Crippen LogP contribution in [0.1, 0.15) is 67.3 Å². The number of pyridine rings is 1. The third-order valence-corrected chi connectivity index (χ3v) is 7.44. The van der Waals surface area contributed by atoms with Crippen LogP contribution in [0.15, 0.2) is 42.9 Å². The van der Waals surface area contributed by atoms with E-state index in [4.69, 9.17) is 10.5 Å². The maximum Gasteiger partial charge on any atom is 0.252 e. The number of carbonyl (C=O) groups is 2. The van der Waals surface area contributed by atoms with Crippen LogP contribution < -0.4 is 15.8 Å². The lowest BCUT2D eigenvalue weighted by Gasteiger charge is -2.17. The summed E-state index contributed by atoms with van der Waals surface area (Å²) in [6.45, 7) is 3.88. The normalized spacial score (nSPS) is 12.1. The lowest BCUT2D eigenvalue weighted by atomic mass is 10.0. The molecule has 42 heavy (non-hydrogen) atoms. The second kappa shape index (κ2) is 12.8. The number of nitrogens with two attached hydrogens (primary N) is 1. The van der Waals surface area contributed by atoms with Crippen molar-refractivity contribution in [3.63, 3.8) is 0 Å². The first-order valence-corrected chi connectivity index (χ1v) is 14.1. The van der Waals surface area contributed by atoms with Gasteiger partial charge in [0.2, 0.25) is 17.7 Å². The number of aryl methyl sites for hydroxylation is 2. The predicted molar refractivity (Wildman–Crippen MR) is 158 cm³/mol. The number of H-pyrrole nitrogens is 1. The molecule has 12 nitrogen and oxygen atoms in total. The Morgan fingerprint density at radius 3 is 2.74 bits per heavy atom. The third-order valence-electron chi connectivity index (χ3n) is 7.44. The molecule has 0 aliphatic rings. The van der Waals surface area contributed by atoms with E-state index in [-0.39, 0.29) is 24.3 Å². The van der Waals surface area contributed by atoms with Crippen molar-refractivity contribution in [1.82, 2.24) is 39.9 Å². The van der Waals surface area contributed by atoms with Crippen LogP contribution >= 0.6 is 0 Å². The molecular formula is C30H35N9O3. The van der Waals surface area contributed by atoms with E-state index in [0.717, 1.165) is 52.0 Å². The SMILES string of the molecule is COc1nc2ccccc2cc1-c1cnc([C@H](CCCCCC(N)=O)NC(=O)CCc2c(C)nc3ncnn3c2C)[nH]1. The first kappa shape index (κ1) is 28.7. The second-order valence-electron chi connectivity index (χ2n) is 10.3. The summed E-state index contributed by atoms with van der Waals surface area (Å²) in [6, 6.07) is 9.50. The van der Waals surface area contributed by atoms with E-state index in [9.17, 15) is 9.59 Å². The maximum absolute atomic E-state index is 13.2. The van der Waals surface area contributed by atoms with Crippen molar-refractivity contribution in [2.45, 2.75) is 64.8 Å². The molecule has 0 aliphatic heterocycles. The van der Waals surface area contributed by atoms with E-state index >= 15 is 0 Å². The standard InChI is InChI=1S/C30H35N9O3/c1-18-21(19(2)39-30(35-18)33-17-34-39)13-14-27(41)36-24(11-5-4-6-12-26(31)40)28-32-16-25(37-28)22-15-20-9-7-8-10-23(20)38-29(22)42-3/h7-10,15-17,24H,4-6,11-14H2,1-3H3,(H2,31,40)(H,32,37)(H,36,41)/t24-/m0/s1. The fourth-order valence-corrected chi connectivity index (χ4v) is 5.22. The Balaban J connectivity index is 1.33. The molecular weight excluding hydrogens is 534 g/mol. The van der Waals surface area contributed by atoms with E-state index in [1.54, 1.807) is 17.8 Å². The van der Waals surface area contributed by atoms with Crippen molar-refractivity contribution in [1.29, 1.82) is 0 Å². The topological polar surface area (TPSA) is 166 Å². The molecule has 5 aromatic rings. The molecule has 1 atom stereocenters. The number of hydrogen-bond acceptors (Lipinski definition) is 8. The van der Waals surface area contributed by atoms with Gasteiger partial charge in [0.15, 0.2) is 0 Å². The Labute approximate surface area is 243 Å². The fraction of sp³-hybridized carbons (Fsp3) is 0.367. The number of primary amides is 1. The number of carbonyl (C=O) groups excluding carboxylic acids is 2. The molecule has 0 unspecified atom stereocenters. The van der Waals surface area contributed by atoms with E-state index in [1.807, 2.05) is 44.2 Å². The van der Waals surface area contributed by atoms with Crippen molar-refractivity contribution in [2.75, 3.05) is 7.11 Å². The third kappa shape index (κ3) is 6.37. The number of rotatable bonds is 13. The zero-order valence-corrected chi connectivity index (χ0v) is 24.1. The number of ether oxygens (including phenoxy) is 1. The smallest absolute Gasteiger partial charge is 0.252 e. The van der Waals surface area contributed by atoms with Crippen LogP contribution in [0, 0.1) is 13.8 Å². The van der Waals surface area contributed by atoms with Crippen LogP contribution in [0.25, 0.3) is 27.9 Å². The Kier molecular flexibility index (Phi) is 8.70. The van der Waals surface area contributed by atoms with Gasteiger partial charge in [-0.05, 0) is 50.8 Å². The molecule has 0 spiro atoms. The summed E-state index contributed by atoms with van der Waals surface area (Å²) in [6.07, 6.45) is 7.30. The first-order chi connectivity index (χ1) is 20.3. The molecule has 4 aromatic heterocycles. The summed E-state index contributed by atoms with van der Waals surface area (Å²) in [5.41, 5.74) is 10.4. The van der Waals surface area contributed by atoms with Gasteiger partial charge < -0.3 is 20.8 Å². The molecule has 4 N–H and O–H groups in total. The van der Waals surface area contributed by atoms with Gasteiger partial charge in [0.05, 0.1) is 36.1 Å². The monoisotopic (exact) mass is 569 g/mol. The molecule has 0 aliphatic carbocycles. The lowest BCUT2D eigenvalue weighted by molar-refractivity contribution is -0.122. The average Bonchev–Trinajstić information content (AvgIpc) is 3.66. The van der Waals surface area contributed by atoms with Gasteiger partial charge in [-0.1, -0.05) is 31.0 Å². The van der Waals surface area contributed by atoms with Crippen LogP contribution in [0.3, 0.4) is 0 Å². The van der Waals surface area contributed by atoms with Crippen LogP contribution in [0.4, 0.5) is 0 Å². The zero-order chi connectivity index (χ0) is 29.6. The molecule has 0 bridgehead atoms. The number of methoxy groups -OCH3 is 1. The summed E-state index contributed by atoms with van der Waals surface area (Å²) in [5, 5.41) is 8.39. The largest absolute Gasteiger partial charge is 0.480 e. The summed E-state index contributed by atoms with van der Waals surface area (Å²) >= 11 is 0. The molecule has 0 radical (unpaired) electrons. The summed E-state index contributed by atoms with van der Waals surface area (Å²) in [5.74, 6) is 1.26. The summed E-state index contributed by atoms with van der Waals surface area (Å²) in [7, 11) is 1.59. The van der Waals surface area contributed by atoms with Gasteiger partial charge in [-0.2, -0.15) is 10.1 Å². The zero-order valence-electron chi connectivity index (χ0n) is 24.1. The number of nitrogens with one attached hydrogen (secondary N) is 2. The van der Waals surface area contributed by atoms with Crippen molar-refractivity contribution >= 4 is 28.5 Å². The Morgan fingerprint density at radius 2 is 1.93 bits per heavy atom. The number of aromatic amines is 1. The fourth-order valence-electron chi connectivity index (χ4n) is 5.22. The van der Waals surface area contributed by atoms with Crippen LogP contribution in [0.5, 0.6) is 5.88 Å². The number of benzene rings is 1. The quantitative estimate of drug-likeness (QED) is 0.179. The molecule has 0 saturated carbocycles. The van der Waals surface area contributed by atoms with Gasteiger partial charge >= 0.3 is 0 Å². The maximum atomic E-state index is 13.2. The summed E-state index contributed by atoms with van der Waals surface area (Å²) < 4.78 is 7.28. The molecule has 5 rings (SSSR count). The van der Waals surface area contributed by atoms with Gasteiger partial charge in [-0.15, -0.1) is 0 Å². The molecule has 218 valence electrons. The number of unbranched alkanes of at least 4 members (excludes halogenated alkanes) is 2. The number of imidazole rings is 1. The van der Waals surface area contributed by atoms with Gasteiger partial charge in [0.25, 0.3) is 5.78 Å². The first-order valence-electron chi connectivity index (χ1n) is 14.1. The van der Waals surface area contributed by atoms with Gasteiger partial charge in [0.1, 0.15) is 12.2 Å². The second-order valence-corrected chi connectivity index (χ2v) is 10.3. The van der Waals surface area contributed by atoms with Crippen molar-refractivity contribution < 1.29 is 14.3 Å². The lowest BCUT2D eigenvalue weighted by Crippen LogP contribution is -2.29. The van der Waals surface area contributed by atoms with Crippen molar-refractivity contribution in [2.24, 2.45) is 5.73 Å². The number of para-hydroxylation sites is 1. The predicted octanol–water partition coefficient (Wildman–Crippen LogP) is 3.91. The number of hydrogen-bond donors (Lipinski definition) is 3. The highest BCUT2D eigenvalue weighted by Gasteiger charge is 2.21. The van der Waals surface area contributed by atoms with Gasteiger partial charge in [-0.3, -0.25) is 9.59 Å². The minimum Gasteiger partial charge on any atom is -0.480 e. The van der Waals surface area contributed by atoms with Crippen LogP contribution in [-0.4, -0.2) is 53.5 Å². The highest BCUT2D eigenvalue weighted by atomic mass is 16.5. The minimum atomic E-state index is -0.350. The van der Waals surface area contributed by atoms with Crippen LogP contribution in [-0.2, 0) is 16.0 Å². The van der Waals surface area contributed by atoms with Gasteiger partial charge in [0, 0.05) is 29.6 Å². The molecule has 2 amide bonds. The average molecular weight is 570 g/mol. The molecule has 0 saturated heterocycles. The number of nitrogens with zero attached hydrogens (tertiary/aromatic N) is 6. The minimum absolute atomic E-state index is 0.0995. The van der Waals surface area contributed by atoms with E-state index < -0.39 is 0 Å². The van der Waals surface area contributed by atoms with E-state index in [1.165, 1.54) is 6.33 Å². The van der Waals surface area contributed by atoms with Crippen LogP contribution in [0.2, 0.25) is 0 Å². The number of aromatic nitrogens is 7. The Bertz CT molecular complexity index is 1730. The summed E-state index contributed by atoms with van der Waals surface area (Å²) in [4.78, 5) is 45.8. The van der Waals surface area contributed by atoms with Crippen molar-refractivity contribution in [3.05, 3.63) is 65.6 Å².